The van der Waals surface area contributed by atoms with E-state index in [0.29, 0.717) is 35.4 Å². The lowest BCUT2D eigenvalue weighted by atomic mass is 9.73. The number of H-pyrrole nitrogens is 2. The molecule has 6 atom stereocenters. The van der Waals surface area contributed by atoms with Crippen LogP contribution in [0.2, 0.25) is 0 Å². The van der Waals surface area contributed by atoms with Crippen molar-refractivity contribution in [3.8, 4) is 0 Å². The third kappa shape index (κ3) is 16.9. The molecule has 0 radical (unpaired) electrons. The second-order valence-corrected chi connectivity index (χ2v) is 22.4. The summed E-state index contributed by atoms with van der Waals surface area (Å²) in [6, 6.07) is 28.8. The maximum Gasteiger partial charge on any atom is 0.416 e. The number of piperidine rings is 2. The second-order valence-electron chi connectivity index (χ2n) is 22.4. The van der Waals surface area contributed by atoms with Gasteiger partial charge in [0.1, 0.15) is 19.3 Å². The summed E-state index contributed by atoms with van der Waals surface area (Å²) in [5, 5.41) is 15.6. The van der Waals surface area contributed by atoms with E-state index in [9.17, 15) is 76.7 Å². The predicted octanol–water partition coefficient (Wildman–Crippen LogP) is 13.2. The molecule has 30 heteroatoms. The van der Waals surface area contributed by atoms with E-state index in [1.54, 1.807) is 78.9 Å². The number of aromatic amines is 2. The molecule has 3 N–H and O–H groups in total. The number of alkyl halides is 12. The molecule has 1 amide bonds. The monoisotopic (exact) mass is 1340 g/mol. The Balaban J connectivity index is 0.000000298. The molecule has 0 saturated carbocycles. The molecule has 0 bridgehead atoms. The fourth-order valence-corrected chi connectivity index (χ4v) is 11.5. The second kappa shape index (κ2) is 29.7. The number of nitrogens with zero attached hydrogens (tertiary/aromatic N) is 5. The summed E-state index contributed by atoms with van der Waals surface area (Å²) < 4.78 is 193. The molecule has 94 heavy (non-hydrogen) atoms. The number of nitrogens with one attached hydrogen (secondary N) is 3. The summed E-state index contributed by atoms with van der Waals surface area (Å²) >= 11 is 0. The van der Waals surface area contributed by atoms with Gasteiger partial charge in [0.15, 0.2) is 0 Å². The van der Waals surface area contributed by atoms with E-state index in [-0.39, 0.29) is 103 Å². The summed E-state index contributed by atoms with van der Waals surface area (Å²) in [6.45, 7) is 1.71. The van der Waals surface area contributed by atoms with Gasteiger partial charge in [-0.3, -0.25) is 23.6 Å². The van der Waals surface area contributed by atoms with Crippen molar-refractivity contribution >= 4 is 18.0 Å². The molecule has 2 aliphatic heterocycles. The van der Waals surface area contributed by atoms with Crippen LogP contribution >= 0.6 is 0 Å². The molecule has 18 nitrogen and oxygen atoms in total. The Hall–Kier alpha value is -8.77. The van der Waals surface area contributed by atoms with Crippen molar-refractivity contribution < 1.29 is 90.8 Å². The fraction of sp³-hybridized carbons (Fsp3) is 0.422. The number of esters is 2. The molecule has 2 fully saturated rings. The first-order valence-corrected chi connectivity index (χ1v) is 28.3. The van der Waals surface area contributed by atoms with Gasteiger partial charge in [-0.15, -0.1) is 0 Å². The van der Waals surface area contributed by atoms with E-state index in [1.807, 2.05) is 12.1 Å². The Labute approximate surface area is 531 Å². The Morgan fingerprint density at radius 2 is 0.947 bits per heavy atom. The number of halogens is 12. The van der Waals surface area contributed by atoms with Gasteiger partial charge in [-0.1, -0.05) is 106 Å². The van der Waals surface area contributed by atoms with Crippen molar-refractivity contribution in [3.05, 3.63) is 211 Å². The minimum absolute atomic E-state index is 0. The Morgan fingerprint density at radius 3 is 1.35 bits per heavy atom. The molecule has 9 rings (SSSR count). The lowest BCUT2D eigenvalue weighted by molar-refractivity contribution is -0.146. The van der Waals surface area contributed by atoms with E-state index in [2.05, 4.69) is 25.7 Å². The van der Waals surface area contributed by atoms with Crippen LogP contribution in [0, 0.1) is 0 Å². The maximum absolute atomic E-state index is 14.3. The summed E-state index contributed by atoms with van der Waals surface area (Å²) in [5.74, 6) is -1.25. The molecule has 510 valence electrons. The summed E-state index contributed by atoms with van der Waals surface area (Å²) in [4.78, 5) is 66.1. The highest BCUT2D eigenvalue weighted by Gasteiger charge is 2.55. The summed E-state index contributed by atoms with van der Waals surface area (Å²) in [7, 11) is 2.40. The van der Waals surface area contributed by atoms with Crippen molar-refractivity contribution in [1.29, 1.82) is 0 Å². The maximum atomic E-state index is 14.3. The predicted molar refractivity (Wildman–Crippen MR) is 316 cm³/mol. The van der Waals surface area contributed by atoms with Crippen LogP contribution < -0.4 is 16.7 Å². The molecule has 0 spiro atoms. The molecule has 2 saturated heterocycles. The first-order valence-electron chi connectivity index (χ1n) is 28.3. The van der Waals surface area contributed by atoms with Crippen LogP contribution in [0.4, 0.5) is 57.5 Å². The summed E-state index contributed by atoms with van der Waals surface area (Å²) in [5.41, 5.74) is -10.7. The molecule has 4 heterocycles. The van der Waals surface area contributed by atoms with Gasteiger partial charge >= 0.3 is 54.1 Å². The van der Waals surface area contributed by atoms with Crippen molar-refractivity contribution in [3.63, 3.8) is 0 Å². The van der Waals surface area contributed by atoms with Crippen molar-refractivity contribution in [2.24, 2.45) is 0 Å². The number of methoxy groups -OCH3 is 2. The number of benzene rings is 5. The van der Waals surface area contributed by atoms with Gasteiger partial charge in [0.05, 0.1) is 96.9 Å². The molecule has 5 aromatic carbocycles. The highest BCUT2D eigenvalue weighted by molar-refractivity contribution is 5.73. The third-order valence-corrected chi connectivity index (χ3v) is 16.6. The van der Waals surface area contributed by atoms with Crippen LogP contribution in [0.15, 0.2) is 150 Å². The number of carbonyl (C=O) groups is 3. The molecule has 2 aromatic heterocycles. The normalized spacial score (nSPS) is 20.7. The van der Waals surface area contributed by atoms with Gasteiger partial charge in [-0.05, 0) is 104 Å². The smallest absolute Gasteiger partial charge is 0.416 e. The SMILES string of the molecule is C.C.COC(=O)C[C@]1(n2cn[nH]c2=O)CC[C@@](CO[C@H](C)c2cc(C(F)(F)F)cc(C(F)(F)F)c2)(c2ccccc2)N(C(=O)OCc2ccccc2)C1.COC(=O)C[C@]1(n2cn[nH]c2=O)CC[C@@](CO[C@H](C)c2cc(C(F)(F)F)cc(C(F)(F)F)c2)(c2ccccc2)NC1. The van der Waals surface area contributed by atoms with Crippen LogP contribution in [0.3, 0.4) is 0 Å². The lowest BCUT2D eigenvalue weighted by Gasteiger charge is -2.53. The van der Waals surface area contributed by atoms with Crippen molar-refractivity contribution in [2.75, 3.05) is 40.5 Å². The van der Waals surface area contributed by atoms with Gasteiger partial charge < -0.3 is 29.0 Å². The average Bonchev–Trinajstić information content (AvgIpc) is 1.15. The van der Waals surface area contributed by atoms with Crippen LogP contribution in [0.1, 0.15) is 130 Å². The molecule has 0 aliphatic carbocycles. The minimum atomic E-state index is -5.07. The standard InChI is InChI=1S/C35H34F6N4O6.C27H28F6N4O4.2CH4/c1-23(25-15-27(34(36,37)38)17-28(16-25)35(39,40)41)51-21-33(26-11-7-4-8-12-26)14-13-32(18-29(46)49-2,45-22-42-43-30(45)47)20-44(33)31(48)50-19-24-9-5-3-6-10-24;1-17(18-10-20(26(28,29)30)12-21(11-18)27(31,32)33)41-15-25(19-6-4-3-5-7-19)9-8-24(14-34-25,13-22(38)40-2)37-16-35-36-23(37)39;;/h3-12,15-17,22-23H,13-14,18-21H2,1-2H3,(H,43,47);3-7,10-12,16-17,34H,8-9,13-15H2,1-2H3,(H,36,39);2*1H4/t23-,32-,33-;17-,24-,25-;;/m11../s1. The third-order valence-electron chi connectivity index (χ3n) is 16.6. The number of rotatable bonds is 18. The zero-order valence-corrected chi connectivity index (χ0v) is 49.6. The van der Waals surface area contributed by atoms with Gasteiger partial charge in [0.25, 0.3) is 0 Å². The molecular weight excluding hydrogens is 1270 g/mol. The average molecular weight is 1340 g/mol. The van der Waals surface area contributed by atoms with E-state index in [1.165, 1.54) is 54.8 Å². The molecule has 0 unspecified atom stereocenters. The zero-order valence-electron chi connectivity index (χ0n) is 49.6. The number of likely N-dealkylation sites (tertiary alicyclic amines) is 1. The van der Waals surface area contributed by atoms with Gasteiger partial charge in [-0.25, -0.2) is 24.6 Å². The van der Waals surface area contributed by atoms with E-state index >= 15 is 0 Å². The number of aromatic nitrogens is 6. The van der Waals surface area contributed by atoms with Crippen molar-refractivity contribution in [2.45, 2.75) is 133 Å². The number of ether oxygens (including phenoxy) is 5. The molecular formula is C64H70F12N8O10. The van der Waals surface area contributed by atoms with Crippen LogP contribution in [0.25, 0.3) is 0 Å². The number of carbonyl (C=O) groups excluding carboxylic acids is 3. The highest BCUT2D eigenvalue weighted by atomic mass is 19.4. The zero-order chi connectivity index (χ0) is 67.1. The first-order chi connectivity index (χ1) is 43.3. The van der Waals surface area contributed by atoms with E-state index in [0.717, 1.165) is 5.56 Å². The highest BCUT2D eigenvalue weighted by Crippen LogP contribution is 2.48. The molecule has 7 aromatic rings. The van der Waals surface area contributed by atoms with Crippen LogP contribution in [-0.2, 0) is 86.7 Å². The quantitative estimate of drug-likeness (QED) is 0.0415. The minimum Gasteiger partial charge on any atom is -0.469 e. The van der Waals surface area contributed by atoms with Crippen molar-refractivity contribution in [1.82, 2.24) is 39.7 Å². The fourth-order valence-electron chi connectivity index (χ4n) is 11.5. The topological polar surface area (TPSA) is 214 Å². The number of amides is 1. The largest absolute Gasteiger partial charge is 0.469 e. The summed E-state index contributed by atoms with van der Waals surface area (Å²) in [6.07, 6.45) is -20.9. The number of hydrogen-bond acceptors (Lipinski definition) is 13. The molecule has 2 aliphatic rings. The van der Waals surface area contributed by atoms with Crippen LogP contribution in [-0.4, -0.2) is 93.0 Å². The van der Waals surface area contributed by atoms with Crippen LogP contribution in [0.5, 0.6) is 0 Å². The number of hydrogen-bond donors (Lipinski definition) is 3. The Kier molecular flexibility index (Phi) is 23.4. The van der Waals surface area contributed by atoms with Gasteiger partial charge in [0.2, 0.25) is 0 Å². The Bertz CT molecular complexity index is 3710. The van der Waals surface area contributed by atoms with Gasteiger partial charge in [0, 0.05) is 13.1 Å². The Morgan fingerprint density at radius 1 is 0.543 bits per heavy atom. The van der Waals surface area contributed by atoms with E-state index < -0.39 is 117 Å². The van der Waals surface area contributed by atoms with E-state index in [4.69, 9.17) is 23.7 Å². The van der Waals surface area contributed by atoms with Gasteiger partial charge in [-0.2, -0.15) is 62.9 Å². The lowest BCUT2D eigenvalue weighted by Crippen LogP contribution is -2.64. The first kappa shape index (κ1) is 74.3.